The highest BCUT2D eigenvalue weighted by molar-refractivity contribution is 5.95. The van der Waals surface area contributed by atoms with Gasteiger partial charge in [-0.2, -0.15) is 5.10 Å². The summed E-state index contributed by atoms with van der Waals surface area (Å²) in [6, 6.07) is 15.8. The van der Waals surface area contributed by atoms with Crippen molar-refractivity contribution in [2.24, 2.45) is 0 Å². The lowest BCUT2D eigenvalue weighted by Gasteiger charge is -2.24. The van der Waals surface area contributed by atoms with E-state index < -0.39 is 0 Å². The van der Waals surface area contributed by atoms with Gasteiger partial charge < -0.3 is 5.32 Å². The fourth-order valence-electron chi connectivity index (χ4n) is 4.23. The van der Waals surface area contributed by atoms with Crippen molar-refractivity contribution in [2.45, 2.75) is 38.8 Å². The number of fused-ring (bicyclic) bond motifs is 1. The van der Waals surface area contributed by atoms with Gasteiger partial charge in [0.1, 0.15) is 6.33 Å². The molecular weight excluding hydrogens is 390 g/mol. The maximum atomic E-state index is 13.0. The van der Waals surface area contributed by atoms with Gasteiger partial charge in [0.25, 0.3) is 5.91 Å². The van der Waals surface area contributed by atoms with E-state index in [9.17, 15) is 4.79 Å². The Kier molecular flexibility index (Phi) is 5.03. The van der Waals surface area contributed by atoms with E-state index in [-0.39, 0.29) is 11.9 Å². The third kappa shape index (κ3) is 3.84. The lowest BCUT2D eigenvalue weighted by Crippen LogP contribution is -2.31. The quantitative estimate of drug-likeness (QED) is 0.543. The van der Waals surface area contributed by atoms with Crippen molar-refractivity contribution < 1.29 is 4.79 Å². The maximum absolute atomic E-state index is 13.0. The zero-order valence-electron chi connectivity index (χ0n) is 17.3. The summed E-state index contributed by atoms with van der Waals surface area (Å²) < 4.78 is 3.65. The van der Waals surface area contributed by atoms with Crippen LogP contribution >= 0.6 is 0 Å². The third-order valence-electron chi connectivity index (χ3n) is 5.80. The minimum atomic E-state index is -0.0833. The monoisotopic (exact) mass is 413 g/mol. The van der Waals surface area contributed by atoms with Gasteiger partial charge in [0.05, 0.1) is 24.5 Å². The predicted molar refractivity (Wildman–Crippen MR) is 115 cm³/mol. The minimum absolute atomic E-state index is 0.0275. The maximum Gasteiger partial charge on any atom is 0.251 e. The van der Waals surface area contributed by atoms with Gasteiger partial charge in [-0.25, -0.2) is 4.68 Å². The highest BCUT2D eigenvalue weighted by Gasteiger charge is 2.26. The Morgan fingerprint density at radius 1 is 1.19 bits per heavy atom. The first-order valence-corrected chi connectivity index (χ1v) is 10.4. The number of hydrogen-bond acceptors (Lipinski definition) is 5. The van der Waals surface area contributed by atoms with Gasteiger partial charge in [0.2, 0.25) is 0 Å². The highest BCUT2D eigenvalue weighted by atomic mass is 16.1. The minimum Gasteiger partial charge on any atom is -0.345 e. The second-order valence-electron chi connectivity index (χ2n) is 7.86. The summed E-state index contributed by atoms with van der Waals surface area (Å²) in [4.78, 5) is 13.0. The first kappa shape index (κ1) is 19.2. The molecule has 2 heterocycles. The van der Waals surface area contributed by atoms with Crippen molar-refractivity contribution in [3.05, 3.63) is 89.0 Å². The molecule has 2 aromatic carbocycles. The van der Waals surface area contributed by atoms with Crippen LogP contribution in [0.4, 0.5) is 0 Å². The number of amides is 1. The Morgan fingerprint density at radius 2 is 2.06 bits per heavy atom. The molecule has 0 saturated heterocycles. The van der Waals surface area contributed by atoms with E-state index in [2.05, 4.69) is 42.8 Å². The number of carbonyl (C=O) groups is 1. The summed E-state index contributed by atoms with van der Waals surface area (Å²) in [7, 11) is 0. The van der Waals surface area contributed by atoms with Crippen molar-refractivity contribution in [2.75, 3.05) is 0 Å². The molecule has 1 atom stereocenters. The molecular formula is C23H23N7O. The zero-order valence-corrected chi connectivity index (χ0v) is 17.3. The molecule has 0 bridgehead atoms. The van der Waals surface area contributed by atoms with Gasteiger partial charge in [-0.1, -0.05) is 30.3 Å². The van der Waals surface area contributed by atoms with E-state index in [0.717, 1.165) is 42.6 Å². The van der Waals surface area contributed by atoms with Gasteiger partial charge in [0, 0.05) is 16.8 Å². The fraction of sp³-hybridized carbons (Fsp3) is 0.261. The van der Waals surface area contributed by atoms with E-state index in [0.29, 0.717) is 5.56 Å². The van der Waals surface area contributed by atoms with Crippen molar-refractivity contribution >= 4 is 5.91 Å². The Hall–Kier alpha value is -3.81. The zero-order chi connectivity index (χ0) is 21.2. The van der Waals surface area contributed by atoms with Gasteiger partial charge in [-0.05, 0) is 65.9 Å². The largest absolute Gasteiger partial charge is 0.345 e. The number of carbonyl (C=O) groups excluding carboxylic acids is 1. The Labute approximate surface area is 179 Å². The standard InChI is InChI=1S/C23H23N7O/c1-16-12-18(10-11-21(16)30-15-24-27-28-30)23(31)26-20-8-5-9-22-19(20)13-25-29(22)14-17-6-3-2-4-7-17/h2-4,6-7,10-13,15,20H,5,8-9,14H2,1H3,(H,26,31)/t20-/m1/s1. The van der Waals surface area contributed by atoms with Crippen molar-refractivity contribution in [1.82, 2.24) is 35.3 Å². The fourth-order valence-corrected chi connectivity index (χ4v) is 4.23. The highest BCUT2D eigenvalue weighted by Crippen LogP contribution is 2.30. The van der Waals surface area contributed by atoms with E-state index in [4.69, 9.17) is 0 Å². The molecule has 8 heteroatoms. The van der Waals surface area contributed by atoms with Crippen LogP contribution in [0.3, 0.4) is 0 Å². The SMILES string of the molecule is Cc1cc(C(=O)N[C@@H]2CCCc3c2cnn3Cc2ccccc2)ccc1-n1cnnn1. The number of hydrogen-bond donors (Lipinski definition) is 1. The van der Waals surface area contributed by atoms with E-state index in [1.807, 2.05) is 49.5 Å². The van der Waals surface area contributed by atoms with Crippen LogP contribution in [-0.2, 0) is 13.0 Å². The van der Waals surface area contributed by atoms with E-state index in [1.54, 1.807) is 11.0 Å². The molecule has 1 aliphatic carbocycles. The Balaban J connectivity index is 1.33. The molecule has 0 fully saturated rings. The topological polar surface area (TPSA) is 90.5 Å². The number of aryl methyl sites for hydroxylation is 1. The summed E-state index contributed by atoms with van der Waals surface area (Å²) in [5.41, 5.74) is 5.96. The molecule has 0 radical (unpaired) electrons. The van der Waals surface area contributed by atoms with Gasteiger partial charge in [0.15, 0.2) is 0 Å². The van der Waals surface area contributed by atoms with Crippen molar-refractivity contribution in [3.8, 4) is 5.69 Å². The first-order chi connectivity index (χ1) is 15.2. The third-order valence-corrected chi connectivity index (χ3v) is 5.80. The normalized spacial score (nSPS) is 15.5. The number of aromatic nitrogens is 6. The molecule has 156 valence electrons. The van der Waals surface area contributed by atoms with Crippen LogP contribution in [0.1, 0.15) is 51.6 Å². The number of nitrogens with zero attached hydrogens (tertiary/aromatic N) is 6. The second-order valence-corrected chi connectivity index (χ2v) is 7.86. The predicted octanol–water partition coefficient (Wildman–Crippen LogP) is 3.02. The van der Waals surface area contributed by atoms with Gasteiger partial charge >= 0.3 is 0 Å². The second kappa shape index (κ2) is 8.14. The molecule has 4 aromatic rings. The number of nitrogens with one attached hydrogen (secondary N) is 1. The summed E-state index contributed by atoms with van der Waals surface area (Å²) >= 11 is 0. The molecule has 5 rings (SSSR count). The Bertz CT molecular complexity index is 1200. The molecule has 0 unspecified atom stereocenters. The molecule has 8 nitrogen and oxygen atoms in total. The van der Waals surface area contributed by atoms with Crippen LogP contribution in [-0.4, -0.2) is 35.9 Å². The number of benzene rings is 2. The molecule has 1 amide bonds. The molecule has 0 aliphatic heterocycles. The van der Waals surface area contributed by atoms with Crippen LogP contribution in [0.15, 0.2) is 61.1 Å². The molecule has 2 aromatic heterocycles. The molecule has 1 aliphatic rings. The molecule has 0 saturated carbocycles. The van der Waals surface area contributed by atoms with Crippen LogP contribution in [0, 0.1) is 6.92 Å². The molecule has 0 spiro atoms. The van der Waals surface area contributed by atoms with Crippen molar-refractivity contribution in [1.29, 1.82) is 0 Å². The van der Waals surface area contributed by atoms with E-state index >= 15 is 0 Å². The van der Waals surface area contributed by atoms with Gasteiger partial charge in [-0.15, -0.1) is 5.10 Å². The van der Waals surface area contributed by atoms with Crippen LogP contribution < -0.4 is 5.32 Å². The average molecular weight is 413 g/mol. The number of rotatable bonds is 5. The summed E-state index contributed by atoms with van der Waals surface area (Å²) in [5, 5.41) is 19.1. The van der Waals surface area contributed by atoms with Gasteiger partial charge in [-0.3, -0.25) is 9.48 Å². The summed E-state index contributed by atoms with van der Waals surface area (Å²) in [5.74, 6) is -0.0833. The average Bonchev–Trinajstić information content (AvgIpc) is 3.46. The summed E-state index contributed by atoms with van der Waals surface area (Å²) in [6.45, 7) is 2.69. The first-order valence-electron chi connectivity index (χ1n) is 10.4. The number of tetrazole rings is 1. The van der Waals surface area contributed by atoms with Crippen molar-refractivity contribution in [3.63, 3.8) is 0 Å². The smallest absolute Gasteiger partial charge is 0.251 e. The molecule has 1 N–H and O–H groups in total. The van der Waals surface area contributed by atoms with Crippen LogP contribution in [0.5, 0.6) is 0 Å². The lowest BCUT2D eigenvalue weighted by atomic mass is 9.92. The molecule has 31 heavy (non-hydrogen) atoms. The van der Waals surface area contributed by atoms with Crippen LogP contribution in [0.25, 0.3) is 5.69 Å². The summed E-state index contributed by atoms with van der Waals surface area (Å²) in [6.07, 6.45) is 6.37. The lowest BCUT2D eigenvalue weighted by molar-refractivity contribution is 0.0932. The Morgan fingerprint density at radius 3 is 2.84 bits per heavy atom. The van der Waals surface area contributed by atoms with Crippen LogP contribution in [0.2, 0.25) is 0 Å². The van der Waals surface area contributed by atoms with E-state index in [1.165, 1.54) is 11.3 Å².